The average molecular weight is 200 g/mol. The van der Waals surface area contributed by atoms with Gasteiger partial charge in [0, 0.05) is 6.54 Å². The van der Waals surface area contributed by atoms with Gasteiger partial charge in [-0.3, -0.25) is 4.79 Å². The molecule has 3 N–H and O–H groups in total. The maximum Gasteiger partial charge on any atom is 0.326 e. The molecule has 1 aliphatic heterocycles. The number of hydrogen-bond donors (Lipinski definition) is 2. The van der Waals surface area contributed by atoms with Crippen LogP contribution in [0.4, 0.5) is 0 Å². The van der Waals surface area contributed by atoms with Crippen molar-refractivity contribution in [2.45, 2.75) is 38.3 Å². The molecule has 1 saturated heterocycles. The first-order valence-electron chi connectivity index (χ1n) is 4.86. The van der Waals surface area contributed by atoms with E-state index < -0.39 is 18.1 Å². The van der Waals surface area contributed by atoms with Gasteiger partial charge in [0.2, 0.25) is 5.91 Å². The van der Waals surface area contributed by atoms with Crippen LogP contribution in [0.1, 0.15) is 26.2 Å². The number of nitrogens with zero attached hydrogens (tertiary/aromatic N) is 1. The summed E-state index contributed by atoms with van der Waals surface area (Å²) in [7, 11) is 0. The molecule has 1 heterocycles. The first kappa shape index (κ1) is 11.0. The van der Waals surface area contributed by atoms with Crippen molar-refractivity contribution in [2.24, 2.45) is 5.73 Å². The maximum absolute atomic E-state index is 11.6. The van der Waals surface area contributed by atoms with Crippen LogP contribution in [0.2, 0.25) is 0 Å². The summed E-state index contributed by atoms with van der Waals surface area (Å²) in [5.74, 6) is -1.17. The van der Waals surface area contributed by atoms with Crippen molar-refractivity contribution in [3.63, 3.8) is 0 Å². The number of likely N-dealkylation sites (tertiary alicyclic amines) is 1. The van der Waals surface area contributed by atoms with Crippen molar-refractivity contribution in [1.82, 2.24) is 4.90 Å². The minimum atomic E-state index is -0.931. The monoisotopic (exact) mass is 200 g/mol. The highest BCUT2D eigenvalue weighted by Gasteiger charge is 2.35. The summed E-state index contributed by atoms with van der Waals surface area (Å²) < 4.78 is 0. The molecule has 0 saturated carbocycles. The Morgan fingerprint density at radius 3 is 2.79 bits per heavy atom. The Bertz CT molecular complexity index is 242. The number of amides is 1. The molecule has 1 fully saturated rings. The van der Waals surface area contributed by atoms with Crippen LogP contribution in [0.3, 0.4) is 0 Å². The van der Waals surface area contributed by atoms with Crippen LogP contribution in [-0.2, 0) is 9.59 Å². The summed E-state index contributed by atoms with van der Waals surface area (Å²) in [5, 5.41) is 8.85. The first-order valence-corrected chi connectivity index (χ1v) is 4.86. The first-order chi connectivity index (χ1) is 6.57. The van der Waals surface area contributed by atoms with Crippen LogP contribution >= 0.6 is 0 Å². The molecule has 0 bridgehead atoms. The average Bonchev–Trinajstić information content (AvgIpc) is 2.63. The summed E-state index contributed by atoms with van der Waals surface area (Å²) in [6, 6.07) is -1.23. The second-order valence-electron chi connectivity index (χ2n) is 3.54. The lowest BCUT2D eigenvalue weighted by Gasteiger charge is -2.24. The number of hydrogen-bond acceptors (Lipinski definition) is 3. The Balaban J connectivity index is 2.67. The van der Waals surface area contributed by atoms with Crippen LogP contribution in [-0.4, -0.2) is 40.5 Å². The number of nitrogens with two attached hydrogens (primary N) is 1. The Morgan fingerprint density at radius 1 is 1.64 bits per heavy atom. The van der Waals surface area contributed by atoms with E-state index in [0.29, 0.717) is 19.4 Å². The second kappa shape index (κ2) is 4.41. The van der Waals surface area contributed by atoms with Crippen molar-refractivity contribution in [3.05, 3.63) is 0 Å². The van der Waals surface area contributed by atoms with Crippen molar-refractivity contribution in [3.8, 4) is 0 Å². The number of carbonyl (C=O) groups is 2. The van der Waals surface area contributed by atoms with E-state index in [9.17, 15) is 9.59 Å². The molecule has 0 aromatic carbocycles. The van der Waals surface area contributed by atoms with Crippen LogP contribution < -0.4 is 5.73 Å². The summed E-state index contributed by atoms with van der Waals surface area (Å²) in [6.07, 6.45) is 1.83. The molecule has 2 atom stereocenters. The summed E-state index contributed by atoms with van der Waals surface area (Å²) >= 11 is 0. The standard InChI is InChI=1S/C9H16N2O3/c1-2-6(10)8(12)11-5-3-4-7(11)9(13)14/h6-7H,2-5,10H2,1H3,(H,13,14)/t6-,7-/m1/s1. The topological polar surface area (TPSA) is 83.6 Å². The molecule has 0 aromatic heterocycles. The molecule has 0 aliphatic carbocycles. The van der Waals surface area contributed by atoms with Gasteiger partial charge in [-0.1, -0.05) is 6.92 Å². The minimum Gasteiger partial charge on any atom is -0.480 e. The van der Waals surface area contributed by atoms with E-state index in [0.717, 1.165) is 6.42 Å². The Labute approximate surface area is 82.9 Å². The van der Waals surface area contributed by atoms with Gasteiger partial charge < -0.3 is 15.7 Å². The lowest BCUT2D eigenvalue weighted by Crippen LogP contribution is -2.48. The molecule has 5 nitrogen and oxygen atoms in total. The minimum absolute atomic E-state index is 0.239. The highest BCUT2D eigenvalue weighted by molar-refractivity contribution is 5.87. The fraction of sp³-hybridized carbons (Fsp3) is 0.778. The zero-order valence-electron chi connectivity index (χ0n) is 8.27. The van der Waals surface area contributed by atoms with E-state index in [1.807, 2.05) is 6.92 Å². The molecule has 0 aromatic rings. The van der Waals surface area contributed by atoms with Crippen molar-refractivity contribution in [2.75, 3.05) is 6.54 Å². The van der Waals surface area contributed by atoms with E-state index in [1.165, 1.54) is 4.90 Å². The Kier molecular flexibility index (Phi) is 3.46. The molecule has 0 radical (unpaired) electrons. The van der Waals surface area contributed by atoms with Crippen molar-refractivity contribution < 1.29 is 14.7 Å². The Morgan fingerprint density at radius 2 is 2.29 bits per heavy atom. The van der Waals surface area contributed by atoms with Gasteiger partial charge in [0.25, 0.3) is 0 Å². The van der Waals surface area contributed by atoms with E-state index in [4.69, 9.17) is 10.8 Å². The predicted molar refractivity (Wildman–Crippen MR) is 50.6 cm³/mol. The number of rotatable bonds is 3. The third-order valence-electron chi connectivity index (χ3n) is 2.58. The molecule has 14 heavy (non-hydrogen) atoms. The molecular formula is C9H16N2O3. The van der Waals surface area contributed by atoms with Crippen LogP contribution in [0.5, 0.6) is 0 Å². The Hall–Kier alpha value is -1.10. The lowest BCUT2D eigenvalue weighted by molar-refractivity contribution is -0.148. The zero-order chi connectivity index (χ0) is 10.7. The van der Waals surface area contributed by atoms with E-state index >= 15 is 0 Å². The van der Waals surface area contributed by atoms with Gasteiger partial charge in [-0.2, -0.15) is 0 Å². The normalized spacial score (nSPS) is 23.6. The molecule has 0 unspecified atom stereocenters. The highest BCUT2D eigenvalue weighted by Crippen LogP contribution is 2.18. The van der Waals surface area contributed by atoms with Crippen molar-refractivity contribution >= 4 is 11.9 Å². The number of carboxylic acids is 1. The van der Waals surface area contributed by atoms with Gasteiger partial charge in [-0.15, -0.1) is 0 Å². The largest absolute Gasteiger partial charge is 0.480 e. The number of aliphatic carboxylic acids is 1. The third-order valence-corrected chi connectivity index (χ3v) is 2.58. The third kappa shape index (κ3) is 2.04. The van der Waals surface area contributed by atoms with E-state index in [1.54, 1.807) is 0 Å². The van der Waals surface area contributed by atoms with Crippen molar-refractivity contribution in [1.29, 1.82) is 0 Å². The van der Waals surface area contributed by atoms with Gasteiger partial charge in [0.15, 0.2) is 0 Å². The number of carboxylic acid groups (broad SMARTS) is 1. The molecule has 80 valence electrons. The van der Waals surface area contributed by atoms with Gasteiger partial charge in [0.1, 0.15) is 6.04 Å². The summed E-state index contributed by atoms with van der Waals surface area (Å²) in [5.41, 5.74) is 5.57. The quantitative estimate of drug-likeness (QED) is 0.660. The second-order valence-corrected chi connectivity index (χ2v) is 3.54. The molecule has 5 heteroatoms. The van der Waals surface area contributed by atoms with Gasteiger partial charge in [0.05, 0.1) is 6.04 Å². The smallest absolute Gasteiger partial charge is 0.326 e. The predicted octanol–water partition coefficient (Wildman–Crippen LogP) is -0.201. The molecule has 0 spiro atoms. The summed E-state index contributed by atoms with van der Waals surface area (Å²) in [4.78, 5) is 23.8. The van der Waals surface area contributed by atoms with E-state index in [-0.39, 0.29) is 5.91 Å². The molecule has 1 amide bonds. The lowest BCUT2D eigenvalue weighted by atomic mass is 10.2. The summed E-state index contributed by atoms with van der Waals surface area (Å²) in [6.45, 7) is 2.33. The van der Waals surface area contributed by atoms with Gasteiger partial charge in [-0.25, -0.2) is 4.79 Å². The fourth-order valence-corrected chi connectivity index (χ4v) is 1.67. The van der Waals surface area contributed by atoms with Crippen LogP contribution in [0.25, 0.3) is 0 Å². The van der Waals surface area contributed by atoms with Crippen LogP contribution in [0, 0.1) is 0 Å². The molecular weight excluding hydrogens is 184 g/mol. The fourth-order valence-electron chi connectivity index (χ4n) is 1.67. The van der Waals surface area contributed by atoms with Crippen LogP contribution in [0.15, 0.2) is 0 Å². The SMILES string of the molecule is CC[C@@H](N)C(=O)N1CCC[C@@H]1C(=O)O. The van der Waals surface area contributed by atoms with Gasteiger partial charge >= 0.3 is 5.97 Å². The van der Waals surface area contributed by atoms with Gasteiger partial charge in [-0.05, 0) is 19.3 Å². The van der Waals surface area contributed by atoms with E-state index in [2.05, 4.69) is 0 Å². The molecule has 1 rings (SSSR count). The molecule has 1 aliphatic rings. The number of carbonyl (C=O) groups excluding carboxylic acids is 1. The zero-order valence-corrected chi connectivity index (χ0v) is 8.27. The highest BCUT2D eigenvalue weighted by atomic mass is 16.4. The maximum atomic E-state index is 11.6.